The second-order valence-corrected chi connectivity index (χ2v) is 7.99. The number of fused-ring (bicyclic) bond motifs is 1. The van der Waals surface area contributed by atoms with E-state index in [1.54, 1.807) is 4.68 Å². The lowest BCUT2D eigenvalue weighted by Gasteiger charge is -2.39. The minimum Gasteiger partial charge on any atom is -0.298 e. The van der Waals surface area contributed by atoms with E-state index in [0.717, 1.165) is 44.7 Å². The van der Waals surface area contributed by atoms with Gasteiger partial charge in [-0.15, -0.1) is 0 Å². The number of hydrogen-bond acceptors (Lipinski definition) is 4. The molecule has 0 amide bonds. The minimum atomic E-state index is 0.0740. The number of aromatic amines is 1. The fraction of sp³-hybridized carbons (Fsp3) is 0.632. The first-order chi connectivity index (χ1) is 12.3. The fourth-order valence-corrected chi connectivity index (χ4v) is 4.31. The van der Waals surface area contributed by atoms with Crippen LogP contribution in [0.1, 0.15) is 54.1 Å². The maximum atomic E-state index is 12.3. The molecule has 3 heterocycles. The summed E-state index contributed by atoms with van der Waals surface area (Å²) < 4.78 is 1.71. The highest BCUT2D eigenvalue weighted by molar-refractivity contribution is 5.24. The summed E-state index contributed by atoms with van der Waals surface area (Å²) in [4.78, 5) is 14.8. The molecule has 25 heavy (non-hydrogen) atoms. The predicted octanol–water partition coefficient (Wildman–Crippen LogP) is 1.85. The molecule has 0 unspecified atom stereocenters. The van der Waals surface area contributed by atoms with E-state index in [1.807, 2.05) is 12.3 Å². The quantitative estimate of drug-likeness (QED) is 0.903. The Morgan fingerprint density at radius 2 is 2.04 bits per heavy atom. The Morgan fingerprint density at radius 1 is 1.20 bits per heavy atom. The summed E-state index contributed by atoms with van der Waals surface area (Å²) in [5, 5.41) is 12.1. The van der Waals surface area contributed by atoms with Crippen LogP contribution in [0.5, 0.6) is 0 Å². The van der Waals surface area contributed by atoms with Gasteiger partial charge < -0.3 is 0 Å². The van der Waals surface area contributed by atoms with Gasteiger partial charge in [0.15, 0.2) is 0 Å². The van der Waals surface area contributed by atoms with Crippen LogP contribution in [0.3, 0.4) is 0 Å². The van der Waals surface area contributed by atoms with Crippen molar-refractivity contribution in [3.63, 3.8) is 0 Å². The number of rotatable bonds is 5. The van der Waals surface area contributed by atoms with Crippen LogP contribution < -0.4 is 5.56 Å². The zero-order valence-corrected chi connectivity index (χ0v) is 14.6. The first-order valence-electron chi connectivity index (χ1n) is 9.60. The summed E-state index contributed by atoms with van der Waals surface area (Å²) in [5.74, 6) is 1.25. The average Bonchev–Trinajstić information content (AvgIpc) is 3.32. The molecule has 1 aliphatic heterocycles. The highest BCUT2D eigenvalue weighted by Gasteiger charge is 2.32. The molecule has 0 radical (unpaired) electrons. The van der Waals surface area contributed by atoms with Crippen LogP contribution in [0.4, 0.5) is 0 Å². The maximum Gasteiger partial charge on any atom is 0.267 e. The first kappa shape index (κ1) is 15.3. The smallest absolute Gasteiger partial charge is 0.267 e. The Morgan fingerprint density at radius 3 is 2.88 bits per heavy atom. The minimum absolute atomic E-state index is 0.0740. The van der Waals surface area contributed by atoms with E-state index >= 15 is 0 Å². The Hall–Kier alpha value is -1.95. The first-order valence-corrected chi connectivity index (χ1v) is 9.60. The third-order valence-electron chi connectivity index (χ3n) is 5.87. The molecular formula is C19H25N5O. The van der Waals surface area contributed by atoms with Crippen molar-refractivity contribution in [2.75, 3.05) is 13.1 Å². The van der Waals surface area contributed by atoms with Crippen LogP contribution in [0.25, 0.3) is 0 Å². The number of H-pyrrole nitrogens is 1. The lowest BCUT2D eigenvalue weighted by Crippen LogP contribution is -2.49. The molecule has 1 saturated carbocycles. The van der Waals surface area contributed by atoms with Gasteiger partial charge in [0.25, 0.3) is 5.56 Å². The van der Waals surface area contributed by atoms with Crippen molar-refractivity contribution in [1.82, 2.24) is 24.9 Å². The summed E-state index contributed by atoms with van der Waals surface area (Å²) in [7, 11) is 0. The molecule has 5 rings (SSSR count). The summed E-state index contributed by atoms with van der Waals surface area (Å²) in [5.41, 5.74) is 5.09. The molecule has 1 saturated heterocycles. The van der Waals surface area contributed by atoms with Gasteiger partial charge in [-0.3, -0.25) is 14.8 Å². The Kier molecular flexibility index (Phi) is 3.73. The van der Waals surface area contributed by atoms with E-state index in [-0.39, 0.29) is 5.56 Å². The van der Waals surface area contributed by atoms with E-state index in [4.69, 9.17) is 0 Å². The number of aromatic nitrogens is 4. The van der Waals surface area contributed by atoms with E-state index < -0.39 is 0 Å². The Bertz CT molecular complexity index is 829. The number of nitrogens with zero attached hydrogens (tertiary/aromatic N) is 4. The van der Waals surface area contributed by atoms with Gasteiger partial charge in [0.05, 0.1) is 18.4 Å². The fourth-order valence-electron chi connectivity index (χ4n) is 4.31. The highest BCUT2D eigenvalue weighted by Crippen LogP contribution is 2.40. The zero-order chi connectivity index (χ0) is 16.8. The normalized spacial score (nSPS) is 21.1. The summed E-state index contributed by atoms with van der Waals surface area (Å²) in [6.07, 6.45) is 9.00. The van der Waals surface area contributed by atoms with Crippen LogP contribution in [-0.4, -0.2) is 38.0 Å². The third-order valence-corrected chi connectivity index (χ3v) is 5.87. The molecule has 3 aliphatic rings. The summed E-state index contributed by atoms with van der Waals surface area (Å²) in [6.45, 7) is 3.82. The molecule has 2 fully saturated rings. The molecule has 132 valence electrons. The molecule has 2 aromatic heterocycles. The number of aryl methyl sites for hydroxylation is 2. The van der Waals surface area contributed by atoms with Gasteiger partial charge in [-0.2, -0.15) is 10.2 Å². The van der Waals surface area contributed by atoms with Gasteiger partial charge in [-0.25, -0.2) is 4.68 Å². The largest absolute Gasteiger partial charge is 0.298 e. The van der Waals surface area contributed by atoms with Crippen molar-refractivity contribution < 1.29 is 0 Å². The Balaban J connectivity index is 1.20. The third kappa shape index (κ3) is 3.03. The van der Waals surface area contributed by atoms with Crippen LogP contribution in [0.2, 0.25) is 0 Å². The molecule has 6 nitrogen and oxygen atoms in total. The highest BCUT2D eigenvalue weighted by atomic mass is 16.1. The van der Waals surface area contributed by atoms with Gasteiger partial charge in [0.2, 0.25) is 0 Å². The lowest BCUT2D eigenvalue weighted by molar-refractivity contribution is 0.0762. The van der Waals surface area contributed by atoms with Crippen LogP contribution in [0, 0.1) is 5.92 Å². The van der Waals surface area contributed by atoms with Gasteiger partial charge in [0.1, 0.15) is 0 Å². The molecule has 0 atom stereocenters. The van der Waals surface area contributed by atoms with E-state index in [2.05, 4.69) is 20.2 Å². The van der Waals surface area contributed by atoms with Gasteiger partial charge in [0, 0.05) is 48.8 Å². The Labute approximate surface area is 147 Å². The van der Waals surface area contributed by atoms with E-state index in [1.165, 1.54) is 42.5 Å². The molecule has 2 aliphatic carbocycles. The lowest BCUT2D eigenvalue weighted by atomic mass is 9.96. The molecule has 1 N–H and O–H groups in total. The average molecular weight is 339 g/mol. The number of nitrogens with one attached hydrogen (secondary N) is 1. The van der Waals surface area contributed by atoms with Crippen LogP contribution in [0.15, 0.2) is 17.1 Å². The van der Waals surface area contributed by atoms with Crippen molar-refractivity contribution in [1.29, 1.82) is 0 Å². The molecule has 0 bridgehead atoms. The van der Waals surface area contributed by atoms with Crippen molar-refractivity contribution in [3.8, 4) is 0 Å². The van der Waals surface area contributed by atoms with Crippen molar-refractivity contribution >= 4 is 0 Å². The monoisotopic (exact) mass is 339 g/mol. The van der Waals surface area contributed by atoms with Gasteiger partial charge in [-0.05, 0) is 44.1 Å². The van der Waals surface area contributed by atoms with Gasteiger partial charge >= 0.3 is 0 Å². The zero-order valence-electron chi connectivity index (χ0n) is 14.6. The molecule has 6 heteroatoms. The predicted molar refractivity (Wildman–Crippen MR) is 94.5 cm³/mol. The van der Waals surface area contributed by atoms with Crippen LogP contribution >= 0.6 is 0 Å². The number of likely N-dealkylation sites (tertiary alicyclic amines) is 1. The van der Waals surface area contributed by atoms with Gasteiger partial charge in [-0.1, -0.05) is 0 Å². The van der Waals surface area contributed by atoms with E-state index in [9.17, 15) is 4.79 Å². The van der Waals surface area contributed by atoms with Crippen LogP contribution in [-0.2, 0) is 25.9 Å². The van der Waals surface area contributed by atoms with Crippen molar-refractivity contribution in [2.24, 2.45) is 5.92 Å². The standard InChI is InChI=1S/C19H25N5O/c25-18-7-15-3-1-2-4-17(15)22-24(18)11-13-9-23(10-13)12-16-8-20-21-19(16)14-5-6-14/h7-8,13-14H,1-6,9-12H2,(H,20,21). The summed E-state index contributed by atoms with van der Waals surface area (Å²) in [6, 6.07) is 1.82. The molecular weight excluding hydrogens is 314 g/mol. The van der Waals surface area contributed by atoms with E-state index in [0.29, 0.717) is 11.8 Å². The summed E-state index contributed by atoms with van der Waals surface area (Å²) >= 11 is 0. The molecule has 2 aromatic rings. The maximum absolute atomic E-state index is 12.3. The SMILES string of the molecule is O=c1cc2c(nn1CC1CN(Cc3cn[nH]c3C3CC3)C1)CCCC2. The van der Waals surface area contributed by atoms with Crippen molar-refractivity contribution in [3.05, 3.63) is 45.1 Å². The molecule has 0 aromatic carbocycles. The second-order valence-electron chi connectivity index (χ2n) is 7.99. The molecule has 0 spiro atoms. The number of hydrogen-bond donors (Lipinski definition) is 1. The topological polar surface area (TPSA) is 66.8 Å². The van der Waals surface area contributed by atoms with Crippen molar-refractivity contribution in [2.45, 2.75) is 57.5 Å². The second kappa shape index (κ2) is 6.09.